The molecule has 1 heterocycles. The summed E-state index contributed by atoms with van der Waals surface area (Å²) in [5.74, 6) is 0. The maximum absolute atomic E-state index is 15.3. The Morgan fingerprint density at radius 2 is 1.47 bits per heavy atom. The smallest absolute Gasteiger partial charge is 0.213 e. The molecular formula is C30H29F2N2+. The molecule has 4 heteroatoms. The average molecular weight is 456 g/mol. The SMILES string of the molecule is Cc1ccc2cc(C#N)ccc2c1-c1cc(-c2c(C(C)(C)F)cccc2C(C)(C)F)cc[n+]1C. The second kappa shape index (κ2) is 8.33. The normalized spacial score (nSPS) is 12.1. The average Bonchev–Trinajstić information content (AvgIpc) is 2.78. The van der Waals surface area contributed by atoms with Crippen LogP contribution in [0, 0.1) is 18.3 Å². The minimum absolute atomic E-state index is 0.462. The first-order chi connectivity index (χ1) is 15.9. The molecule has 1 aromatic heterocycles. The zero-order valence-electron chi connectivity index (χ0n) is 20.5. The van der Waals surface area contributed by atoms with Crippen LogP contribution < -0.4 is 4.57 Å². The lowest BCUT2D eigenvalue weighted by molar-refractivity contribution is -0.660. The first-order valence-corrected chi connectivity index (χ1v) is 11.4. The minimum atomic E-state index is -1.64. The van der Waals surface area contributed by atoms with Gasteiger partial charge in [0.2, 0.25) is 5.69 Å². The Labute approximate surface area is 200 Å². The Morgan fingerprint density at radius 3 is 2.06 bits per heavy atom. The van der Waals surface area contributed by atoms with Crippen LogP contribution in [0.25, 0.3) is 33.2 Å². The Hall–Kier alpha value is -3.58. The van der Waals surface area contributed by atoms with Gasteiger partial charge in [-0.25, -0.2) is 13.3 Å². The summed E-state index contributed by atoms with van der Waals surface area (Å²) in [4.78, 5) is 0. The molecule has 0 aliphatic rings. The predicted octanol–water partition coefficient (Wildman–Crippen LogP) is 7.59. The van der Waals surface area contributed by atoms with Crippen LogP contribution in [0.2, 0.25) is 0 Å². The summed E-state index contributed by atoms with van der Waals surface area (Å²) in [5, 5.41) is 11.3. The molecule has 0 amide bonds. The molecule has 0 aliphatic heterocycles. The number of fused-ring (bicyclic) bond motifs is 1. The molecule has 0 saturated carbocycles. The van der Waals surface area contributed by atoms with Crippen LogP contribution in [0.15, 0.2) is 66.9 Å². The molecule has 4 rings (SSSR count). The van der Waals surface area contributed by atoms with Gasteiger partial charge in [-0.1, -0.05) is 36.4 Å². The highest BCUT2D eigenvalue weighted by atomic mass is 19.1. The number of aromatic nitrogens is 1. The van der Waals surface area contributed by atoms with Crippen LogP contribution in [0.5, 0.6) is 0 Å². The molecule has 34 heavy (non-hydrogen) atoms. The van der Waals surface area contributed by atoms with Crippen LogP contribution in [0.3, 0.4) is 0 Å². The number of pyridine rings is 1. The van der Waals surface area contributed by atoms with Crippen molar-refractivity contribution in [2.75, 3.05) is 0 Å². The number of benzene rings is 3. The van der Waals surface area contributed by atoms with E-state index in [4.69, 9.17) is 0 Å². The number of hydrogen-bond acceptors (Lipinski definition) is 1. The molecule has 0 atom stereocenters. The predicted molar refractivity (Wildman–Crippen MR) is 134 cm³/mol. The zero-order valence-corrected chi connectivity index (χ0v) is 20.5. The summed E-state index contributed by atoms with van der Waals surface area (Å²) in [6.45, 7) is 8.08. The van der Waals surface area contributed by atoms with E-state index in [1.54, 1.807) is 18.2 Å². The number of hydrogen-bond donors (Lipinski definition) is 0. The third-order valence-corrected chi connectivity index (χ3v) is 6.40. The van der Waals surface area contributed by atoms with Crippen molar-refractivity contribution in [2.45, 2.75) is 46.0 Å². The van der Waals surface area contributed by atoms with Gasteiger partial charge >= 0.3 is 0 Å². The van der Waals surface area contributed by atoms with E-state index >= 15 is 8.78 Å². The van der Waals surface area contributed by atoms with E-state index in [9.17, 15) is 5.26 Å². The number of alkyl halides is 2. The molecule has 4 aromatic rings. The summed E-state index contributed by atoms with van der Waals surface area (Å²) in [6.07, 6.45) is 1.93. The Morgan fingerprint density at radius 1 is 0.824 bits per heavy atom. The van der Waals surface area contributed by atoms with Crippen molar-refractivity contribution in [1.82, 2.24) is 0 Å². The van der Waals surface area contributed by atoms with Gasteiger partial charge < -0.3 is 0 Å². The van der Waals surface area contributed by atoms with Gasteiger partial charge in [0.25, 0.3) is 0 Å². The van der Waals surface area contributed by atoms with Crippen LogP contribution >= 0.6 is 0 Å². The van der Waals surface area contributed by atoms with E-state index in [2.05, 4.69) is 6.07 Å². The molecule has 2 nitrogen and oxygen atoms in total. The lowest BCUT2D eigenvalue weighted by atomic mass is 9.82. The van der Waals surface area contributed by atoms with Gasteiger partial charge in [-0.2, -0.15) is 5.26 Å². The molecule has 0 radical (unpaired) electrons. The van der Waals surface area contributed by atoms with Crippen molar-refractivity contribution in [3.8, 4) is 28.5 Å². The molecule has 3 aromatic carbocycles. The maximum atomic E-state index is 15.3. The highest BCUT2D eigenvalue weighted by Crippen LogP contribution is 2.42. The van der Waals surface area contributed by atoms with E-state index in [0.29, 0.717) is 22.3 Å². The van der Waals surface area contributed by atoms with Crippen molar-refractivity contribution in [1.29, 1.82) is 5.26 Å². The van der Waals surface area contributed by atoms with Crippen LogP contribution in [0.1, 0.15) is 49.9 Å². The summed E-state index contributed by atoms with van der Waals surface area (Å²) in [6, 6.07) is 21.1. The summed E-state index contributed by atoms with van der Waals surface area (Å²) in [5.41, 5.74) is 2.64. The molecule has 0 bridgehead atoms. The summed E-state index contributed by atoms with van der Waals surface area (Å²) in [7, 11) is 1.96. The second-order valence-electron chi connectivity index (χ2n) is 9.89. The fourth-order valence-corrected chi connectivity index (χ4v) is 4.68. The first kappa shape index (κ1) is 23.6. The standard InChI is InChI=1S/C30H29F2N2/c1-19-10-12-21-16-20(18-33)11-13-23(21)27(19)26-17-22(14-15-34(26)6)28-24(29(2,3)31)8-7-9-25(28)30(4,5)32/h7-17H,1-6H3/q+1. The van der Waals surface area contributed by atoms with Crippen molar-refractivity contribution < 1.29 is 13.3 Å². The molecule has 172 valence electrons. The molecule has 0 unspecified atom stereocenters. The third kappa shape index (κ3) is 4.19. The van der Waals surface area contributed by atoms with Gasteiger partial charge in [0.15, 0.2) is 6.20 Å². The number of nitrogens with zero attached hydrogens (tertiary/aromatic N) is 2. The van der Waals surface area contributed by atoms with Gasteiger partial charge in [-0.3, -0.25) is 0 Å². The number of rotatable bonds is 4. The van der Waals surface area contributed by atoms with Crippen LogP contribution in [-0.2, 0) is 18.4 Å². The highest BCUT2D eigenvalue weighted by molar-refractivity contribution is 5.98. The molecule has 0 fully saturated rings. The van der Waals surface area contributed by atoms with Crippen molar-refractivity contribution in [3.05, 3.63) is 89.1 Å². The van der Waals surface area contributed by atoms with Gasteiger partial charge in [0, 0.05) is 12.1 Å². The van der Waals surface area contributed by atoms with Gasteiger partial charge in [-0.05, 0) is 85.3 Å². The summed E-state index contributed by atoms with van der Waals surface area (Å²) < 4.78 is 32.7. The number of halogens is 2. The quantitative estimate of drug-likeness (QED) is 0.291. The van der Waals surface area contributed by atoms with E-state index in [1.165, 1.54) is 27.7 Å². The van der Waals surface area contributed by atoms with E-state index in [-0.39, 0.29) is 0 Å². The van der Waals surface area contributed by atoms with Crippen molar-refractivity contribution in [3.63, 3.8) is 0 Å². The Balaban J connectivity index is 2.05. The third-order valence-electron chi connectivity index (χ3n) is 6.40. The lowest BCUT2D eigenvalue weighted by Crippen LogP contribution is -2.30. The number of aryl methyl sites for hydroxylation is 2. The van der Waals surface area contributed by atoms with Crippen molar-refractivity contribution >= 4 is 10.8 Å². The maximum Gasteiger partial charge on any atom is 0.213 e. The summed E-state index contributed by atoms with van der Waals surface area (Å²) >= 11 is 0. The van der Waals surface area contributed by atoms with Gasteiger partial charge in [0.05, 0.1) is 17.2 Å². The van der Waals surface area contributed by atoms with Gasteiger partial charge in [0.1, 0.15) is 18.4 Å². The molecule has 0 aliphatic carbocycles. The molecule has 0 spiro atoms. The van der Waals surface area contributed by atoms with Crippen LogP contribution in [0.4, 0.5) is 8.78 Å². The first-order valence-electron chi connectivity index (χ1n) is 11.4. The Kier molecular flexibility index (Phi) is 5.77. The van der Waals surface area contributed by atoms with Crippen molar-refractivity contribution in [2.24, 2.45) is 7.05 Å². The van der Waals surface area contributed by atoms with Crippen LogP contribution in [-0.4, -0.2) is 0 Å². The van der Waals surface area contributed by atoms with Gasteiger partial charge in [-0.15, -0.1) is 0 Å². The zero-order chi connectivity index (χ0) is 24.8. The largest absolute Gasteiger partial charge is 0.239 e. The molecule has 0 N–H and O–H groups in total. The minimum Gasteiger partial charge on any atom is -0.239 e. The highest BCUT2D eigenvalue weighted by Gasteiger charge is 2.31. The second-order valence-corrected chi connectivity index (χ2v) is 9.89. The molecule has 0 saturated heterocycles. The topological polar surface area (TPSA) is 27.7 Å². The fourth-order valence-electron chi connectivity index (χ4n) is 4.68. The van der Waals surface area contributed by atoms with E-state index in [1.807, 2.05) is 67.2 Å². The van der Waals surface area contributed by atoms with E-state index in [0.717, 1.165) is 33.2 Å². The monoisotopic (exact) mass is 455 g/mol. The number of nitriles is 1. The lowest BCUT2D eigenvalue weighted by Gasteiger charge is -2.26. The van der Waals surface area contributed by atoms with E-state index < -0.39 is 11.3 Å². The fraction of sp³-hybridized carbons (Fsp3) is 0.267. The molecular weight excluding hydrogens is 426 g/mol. The Bertz CT molecular complexity index is 1420.